The Kier molecular flexibility index (Phi) is 6.46. The maximum Gasteiger partial charge on any atom is 0.0625 e. The van der Waals surface area contributed by atoms with Gasteiger partial charge in [-0.25, -0.2) is 0 Å². The van der Waals surface area contributed by atoms with Crippen LogP contribution < -0.4 is 5.32 Å². The second-order valence-corrected chi connectivity index (χ2v) is 6.19. The predicted octanol–water partition coefficient (Wildman–Crippen LogP) is 4.20. The van der Waals surface area contributed by atoms with Gasteiger partial charge in [0.15, 0.2) is 0 Å². The first kappa shape index (κ1) is 16.2. The van der Waals surface area contributed by atoms with E-state index in [-0.39, 0.29) is 0 Å². The highest BCUT2D eigenvalue weighted by Gasteiger charge is 2.17. The molecule has 0 spiro atoms. The van der Waals surface area contributed by atoms with E-state index in [2.05, 4.69) is 53.7 Å². The minimum absolute atomic E-state index is 0.401. The van der Waals surface area contributed by atoms with Crippen molar-refractivity contribution in [1.29, 1.82) is 0 Å². The number of hydrogen-bond acceptors (Lipinski definition) is 3. The number of nitrogens with zero attached hydrogens (tertiary/aromatic N) is 2. The lowest BCUT2D eigenvalue weighted by Crippen LogP contribution is -2.25. The minimum Gasteiger partial charge on any atom is -0.309 e. The van der Waals surface area contributed by atoms with E-state index in [1.54, 1.807) is 11.3 Å². The lowest BCUT2D eigenvalue weighted by molar-refractivity contribution is 0.456. The van der Waals surface area contributed by atoms with E-state index in [9.17, 15) is 0 Å². The van der Waals surface area contributed by atoms with Gasteiger partial charge in [-0.2, -0.15) is 16.4 Å². The van der Waals surface area contributed by atoms with Gasteiger partial charge in [0.2, 0.25) is 0 Å². The molecule has 2 rings (SSSR count). The zero-order chi connectivity index (χ0) is 15.1. The number of aromatic nitrogens is 2. The summed E-state index contributed by atoms with van der Waals surface area (Å²) in [6, 6.07) is 4.92. The summed E-state index contributed by atoms with van der Waals surface area (Å²) >= 11 is 1.78. The Morgan fingerprint density at radius 2 is 2.19 bits per heavy atom. The highest BCUT2D eigenvalue weighted by atomic mass is 32.1. The molecule has 0 bridgehead atoms. The Hall–Kier alpha value is -1.13. The van der Waals surface area contributed by atoms with Crippen molar-refractivity contribution in [3.8, 4) is 0 Å². The second-order valence-electron chi connectivity index (χ2n) is 5.41. The number of aryl methyl sites for hydroxylation is 3. The van der Waals surface area contributed by atoms with Gasteiger partial charge in [-0.15, -0.1) is 0 Å². The van der Waals surface area contributed by atoms with Crippen molar-refractivity contribution in [1.82, 2.24) is 15.1 Å². The van der Waals surface area contributed by atoms with E-state index in [0.717, 1.165) is 38.8 Å². The van der Waals surface area contributed by atoms with Gasteiger partial charge in [-0.1, -0.05) is 13.8 Å². The van der Waals surface area contributed by atoms with Crippen LogP contribution in [-0.4, -0.2) is 16.3 Å². The summed E-state index contributed by atoms with van der Waals surface area (Å²) in [6.07, 6.45) is 4.42. The zero-order valence-corrected chi connectivity index (χ0v) is 14.2. The SMILES string of the molecule is CCCNC(CCc1ccsc1)c1cc(CC)nn1CC. The predicted molar refractivity (Wildman–Crippen MR) is 91.0 cm³/mol. The van der Waals surface area contributed by atoms with Crippen molar-refractivity contribution in [2.24, 2.45) is 0 Å². The molecule has 0 saturated heterocycles. The number of hydrogen-bond donors (Lipinski definition) is 1. The molecule has 21 heavy (non-hydrogen) atoms. The Bertz CT molecular complexity index is 516. The molecule has 0 saturated carbocycles. The van der Waals surface area contributed by atoms with Crippen molar-refractivity contribution in [2.75, 3.05) is 6.54 Å². The van der Waals surface area contributed by atoms with Crippen LogP contribution in [-0.2, 0) is 19.4 Å². The first-order valence-corrected chi connectivity index (χ1v) is 9.03. The van der Waals surface area contributed by atoms with E-state index in [1.807, 2.05) is 0 Å². The van der Waals surface area contributed by atoms with Crippen LogP contribution in [0.5, 0.6) is 0 Å². The molecular formula is C17H27N3S. The highest BCUT2D eigenvalue weighted by Crippen LogP contribution is 2.22. The fourth-order valence-corrected chi connectivity index (χ4v) is 3.32. The van der Waals surface area contributed by atoms with E-state index in [1.165, 1.54) is 17.0 Å². The largest absolute Gasteiger partial charge is 0.309 e. The third kappa shape index (κ3) is 4.42. The summed E-state index contributed by atoms with van der Waals surface area (Å²) in [5.41, 5.74) is 3.99. The molecule has 0 fully saturated rings. The molecule has 0 aliphatic heterocycles. The first-order chi connectivity index (χ1) is 10.3. The van der Waals surface area contributed by atoms with Gasteiger partial charge in [0.05, 0.1) is 11.4 Å². The zero-order valence-electron chi connectivity index (χ0n) is 13.4. The molecule has 2 aromatic heterocycles. The average Bonchev–Trinajstić information content (AvgIpc) is 3.16. The third-order valence-electron chi connectivity index (χ3n) is 3.82. The standard InChI is InChI=1S/C17H27N3S/c1-4-10-18-16(8-7-14-9-11-21-13-14)17-12-15(5-2)19-20(17)6-3/h9,11-13,16,18H,4-8,10H2,1-3H3. The Labute approximate surface area is 132 Å². The number of rotatable bonds is 9. The molecule has 0 amide bonds. The Morgan fingerprint density at radius 3 is 2.81 bits per heavy atom. The summed E-state index contributed by atoms with van der Waals surface area (Å²) in [4.78, 5) is 0. The monoisotopic (exact) mass is 305 g/mol. The van der Waals surface area contributed by atoms with Crippen LogP contribution in [0.2, 0.25) is 0 Å². The molecule has 0 radical (unpaired) electrons. The maximum atomic E-state index is 4.70. The van der Waals surface area contributed by atoms with Crippen molar-refractivity contribution < 1.29 is 0 Å². The van der Waals surface area contributed by atoms with Gasteiger partial charge in [-0.05, 0) is 67.6 Å². The van der Waals surface area contributed by atoms with Gasteiger partial charge in [0.25, 0.3) is 0 Å². The molecule has 0 aliphatic carbocycles. The molecular weight excluding hydrogens is 278 g/mol. The average molecular weight is 305 g/mol. The third-order valence-corrected chi connectivity index (χ3v) is 4.56. The Balaban J connectivity index is 2.12. The van der Waals surface area contributed by atoms with Gasteiger partial charge in [-0.3, -0.25) is 4.68 Å². The van der Waals surface area contributed by atoms with Crippen LogP contribution in [0.3, 0.4) is 0 Å². The van der Waals surface area contributed by atoms with Gasteiger partial charge in [0.1, 0.15) is 0 Å². The van der Waals surface area contributed by atoms with E-state index < -0.39 is 0 Å². The van der Waals surface area contributed by atoms with Crippen LogP contribution in [0.4, 0.5) is 0 Å². The summed E-state index contributed by atoms with van der Waals surface area (Å²) in [7, 11) is 0. The fourth-order valence-electron chi connectivity index (χ4n) is 2.61. The van der Waals surface area contributed by atoms with E-state index in [0.29, 0.717) is 6.04 Å². The van der Waals surface area contributed by atoms with E-state index >= 15 is 0 Å². The molecule has 2 heterocycles. The molecule has 1 N–H and O–H groups in total. The van der Waals surface area contributed by atoms with Crippen LogP contribution in [0.25, 0.3) is 0 Å². The maximum absolute atomic E-state index is 4.70. The van der Waals surface area contributed by atoms with Crippen molar-refractivity contribution in [3.63, 3.8) is 0 Å². The molecule has 116 valence electrons. The van der Waals surface area contributed by atoms with Crippen LogP contribution in [0.1, 0.15) is 56.6 Å². The van der Waals surface area contributed by atoms with Gasteiger partial charge >= 0.3 is 0 Å². The highest BCUT2D eigenvalue weighted by molar-refractivity contribution is 7.07. The normalized spacial score (nSPS) is 12.7. The summed E-state index contributed by atoms with van der Waals surface area (Å²) in [6.45, 7) is 8.57. The topological polar surface area (TPSA) is 29.9 Å². The second kappa shape index (κ2) is 8.35. The molecule has 2 aromatic rings. The van der Waals surface area contributed by atoms with Crippen molar-refractivity contribution in [3.05, 3.63) is 39.8 Å². The molecule has 3 nitrogen and oxygen atoms in total. The van der Waals surface area contributed by atoms with Crippen molar-refractivity contribution >= 4 is 11.3 Å². The lowest BCUT2D eigenvalue weighted by Gasteiger charge is -2.19. The van der Waals surface area contributed by atoms with Crippen LogP contribution in [0, 0.1) is 0 Å². The summed E-state index contributed by atoms with van der Waals surface area (Å²) < 4.78 is 2.17. The molecule has 1 atom stereocenters. The quantitative estimate of drug-likeness (QED) is 0.752. The molecule has 1 unspecified atom stereocenters. The van der Waals surface area contributed by atoms with Gasteiger partial charge < -0.3 is 5.32 Å². The number of thiophene rings is 1. The summed E-state index contributed by atoms with van der Waals surface area (Å²) in [5.74, 6) is 0. The Morgan fingerprint density at radius 1 is 1.33 bits per heavy atom. The first-order valence-electron chi connectivity index (χ1n) is 8.09. The smallest absolute Gasteiger partial charge is 0.0625 e. The molecule has 0 aliphatic rings. The van der Waals surface area contributed by atoms with Crippen LogP contribution >= 0.6 is 11.3 Å². The fraction of sp³-hybridized carbons (Fsp3) is 0.588. The van der Waals surface area contributed by atoms with Crippen molar-refractivity contribution in [2.45, 2.75) is 59.0 Å². The summed E-state index contributed by atoms with van der Waals surface area (Å²) in [5, 5.41) is 12.8. The van der Waals surface area contributed by atoms with Gasteiger partial charge in [0, 0.05) is 12.6 Å². The van der Waals surface area contributed by atoms with E-state index in [4.69, 9.17) is 5.10 Å². The minimum atomic E-state index is 0.401. The molecule has 4 heteroatoms. The number of nitrogens with one attached hydrogen (secondary N) is 1. The van der Waals surface area contributed by atoms with Crippen LogP contribution in [0.15, 0.2) is 22.9 Å². The lowest BCUT2D eigenvalue weighted by atomic mass is 10.0. The molecule has 0 aromatic carbocycles.